The molecule has 4 nitrogen and oxygen atoms in total. The first kappa shape index (κ1) is 11.9. The predicted octanol–water partition coefficient (Wildman–Crippen LogP) is 2.33. The van der Waals surface area contributed by atoms with E-state index < -0.39 is 0 Å². The number of urea groups is 1. The molecule has 0 bridgehead atoms. The summed E-state index contributed by atoms with van der Waals surface area (Å²) in [5.41, 5.74) is 0.823. The zero-order chi connectivity index (χ0) is 12.3. The van der Waals surface area contributed by atoms with Crippen LogP contribution in [-0.2, 0) is 4.74 Å². The summed E-state index contributed by atoms with van der Waals surface area (Å²) in [6, 6.07) is 9.67. The minimum absolute atomic E-state index is 0.0560. The molecule has 0 aliphatic carbocycles. The number of rotatable bonds is 1. The number of nitrogens with zero attached hydrogens (tertiary/aromatic N) is 1. The maximum absolute atomic E-state index is 12.1. The summed E-state index contributed by atoms with van der Waals surface area (Å²) in [7, 11) is 0. The molecule has 0 unspecified atom stereocenters. The van der Waals surface area contributed by atoms with Crippen molar-refractivity contribution in [3.8, 4) is 0 Å². The van der Waals surface area contributed by atoms with E-state index in [0.29, 0.717) is 13.2 Å². The average Bonchev–Trinajstić information content (AvgIpc) is 2.30. The van der Waals surface area contributed by atoms with Crippen molar-refractivity contribution < 1.29 is 9.53 Å². The first-order valence-corrected chi connectivity index (χ1v) is 5.90. The number of amides is 2. The largest absolute Gasteiger partial charge is 0.377 e. The molecule has 0 spiro atoms. The second-order valence-electron chi connectivity index (χ2n) is 4.44. The zero-order valence-corrected chi connectivity index (χ0v) is 10.2. The monoisotopic (exact) mass is 234 g/mol. The standard InChI is InChI=1S/C13H18N2O2/c1-10-8-17-9-11(2)15(10)13(16)14-12-6-4-3-5-7-12/h3-7,10-11H,8-9H2,1-2H3,(H,14,16)/t10-,11+. The lowest BCUT2D eigenvalue weighted by atomic mass is 10.2. The van der Waals surface area contributed by atoms with Crippen molar-refractivity contribution in [1.29, 1.82) is 0 Å². The van der Waals surface area contributed by atoms with E-state index in [0.717, 1.165) is 5.69 Å². The van der Waals surface area contributed by atoms with Crippen LogP contribution in [0, 0.1) is 0 Å². The van der Waals surface area contributed by atoms with Crippen molar-refractivity contribution in [1.82, 2.24) is 4.90 Å². The third-order valence-corrected chi connectivity index (χ3v) is 2.93. The molecule has 1 fully saturated rings. The van der Waals surface area contributed by atoms with Gasteiger partial charge < -0.3 is 15.0 Å². The number of hydrogen-bond donors (Lipinski definition) is 1. The Morgan fingerprint density at radius 3 is 2.41 bits per heavy atom. The van der Waals surface area contributed by atoms with Crippen LogP contribution in [0.3, 0.4) is 0 Å². The number of hydrogen-bond acceptors (Lipinski definition) is 2. The maximum Gasteiger partial charge on any atom is 0.322 e. The van der Waals surface area contributed by atoms with Crippen LogP contribution in [0.2, 0.25) is 0 Å². The highest BCUT2D eigenvalue weighted by Crippen LogP contribution is 2.15. The van der Waals surface area contributed by atoms with E-state index in [2.05, 4.69) is 5.32 Å². The topological polar surface area (TPSA) is 41.6 Å². The average molecular weight is 234 g/mol. The van der Waals surface area contributed by atoms with Crippen molar-refractivity contribution in [3.05, 3.63) is 30.3 Å². The SMILES string of the molecule is C[C@@H]1COC[C@H](C)N1C(=O)Nc1ccccc1. The second kappa shape index (κ2) is 5.19. The van der Waals surface area contributed by atoms with Gasteiger partial charge >= 0.3 is 6.03 Å². The van der Waals surface area contributed by atoms with Crippen molar-refractivity contribution in [2.75, 3.05) is 18.5 Å². The van der Waals surface area contributed by atoms with E-state index in [1.165, 1.54) is 0 Å². The Morgan fingerprint density at radius 2 is 1.82 bits per heavy atom. The number of para-hydroxylation sites is 1. The van der Waals surface area contributed by atoms with Gasteiger partial charge in [-0.3, -0.25) is 0 Å². The van der Waals surface area contributed by atoms with Gasteiger partial charge in [-0.2, -0.15) is 0 Å². The Bertz CT molecular complexity index is 370. The lowest BCUT2D eigenvalue weighted by Gasteiger charge is -2.38. The molecule has 2 amide bonds. The van der Waals surface area contributed by atoms with Crippen LogP contribution in [0.25, 0.3) is 0 Å². The Kier molecular flexibility index (Phi) is 3.64. The molecule has 1 saturated heterocycles. The molecule has 0 saturated carbocycles. The minimum Gasteiger partial charge on any atom is -0.377 e. The number of anilines is 1. The smallest absolute Gasteiger partial charge is 0.322 e. The van der Waals surface area contributed by atoms with Gasteiger partial charge in [0.2, 0.25) is 0 Å². The summed E-state index contributed by atoms with van der Waals surface area (Å²) in [4.78, 5) is 14.0. The molecule has 0 radical (unpaired) electrons. The van der Waals surface area contributed by atoms with Crippen LogP contribution >= 0.6 is 0 Å². The normalized spacial score (nSPS) is 24.5. The van der Waals surface area contributed by atoms with E-state index in [-0.39, 0.29) is 18.1 Å². The number of benzene rings is 1. The Morgan fingerprint density at radius 1 is 1.24 bits per heavy atom. The van der Waals surface area contributed by atoms with E-state index in [1.807, 2.05) is 49.1 Å². The fraction of sp³-hybridized carbons (Fsp3) is 0.462. The Labute approximate surface area is 102 Å². The minimum atomic E-state index is -0.0560. The van der Waals surface area contributed by atoms with Gasteiger partial charge in [0.1, 0.15) is 0 Å². The van der Waals surface area contributed by atoms with Crippen LogP contribution in [0.1, 0.15) is 13.8 Å². The molecular weight excluding hydrogens is 216 g/mol. The van der Waals surface area contributed by atoms with E-state index in [4.69, 9.17) is 4.74 Å². The summed E-state index contributed by atoms with van der Waals surface area (Å²) in [6.45, 7) is 5.21. The maximum atomic E-state index is 12.1. The first-order valence-electron chi connectivity index (χ1n) is 5.90. The number of nitrogens with one attached hydrogen (secondary N) is 1. The molecular formula is C13H18N2O2. The van der Waals surface area contributed by atoms with Crippen molar-refractivity contribution >= 4 is 11.7 Å². The van der Waals surface area contributed by atoms with Crippen LogP contribution in [0.15, 0.2) is 30.3 Å². The molecule has 2 rings (SSSR count). The highest BCUT2D eigenvalue weighted by atomic mass is 16.5. The van der Waals surface area contributed by atoms with Gasteiger partial charge in [-0.05, 0) is 26.0 Å². The lowest BCUT2D eigenvalue weighted by Crippen LogP contribution is -2.53. The number of ether oxygens (including phenoxy) is 1. The molecule has 1 aliphatic rings. The zero-order valence-electron chi connectivity index (χ0n) is 10.2. The van der Waals surface area contributed by atoms with Crippen molar-refractivity contribution in [2.45, 2.75) is 25.9 Å². The van der Waals surface area contributed by atoms with E-state index in [9.17, 15) is 4.79 Å². The first-order chi connectivity index (χ1) is 8.18. The lowest BCUT2D eigenvalue weighted by molar-refractivity contribution is -0.0111. The number of carbonyl (C=O) groups excluding carboxylic acids is 1. The third kappa shape index (κ3) is 2.77. The third-order valence-electron chi connectivity index (χ3n) is 2.93. The number of carbonyl (C=O) groups is 1. The molecule has 92 valence electrons. The van der Waals surface area contributed by atoms with E-state index in [1.54, 1.807) is 0 Å². The van der Waals surface area contributed by atoms with Gasteiger partial charge in [-0.15, -0.1) is 0 Å². The molecule has 0 aromatic heterocycles. The molecule has 1 aliphatic heterocycles. The van der Waals surface area contributed by atoms with Gasteiger partial charge in [0.25, 0.3) is 0 Å². The number of morpholine rings is 1. The van der Waals surface area contributed by atoms with E-state index >= 15 is 0 Å². The van der Waals surface area contributed by atoms with Crippen LogP contribution in [0.5, 0.6) is 0 Å². The van der Waals surface area contributed by atoms with Crippen molar-refractivity contribution in [2.24, 2.45) is 0 Å². The fourth-order valence-electron chi connectivity index (χ4n) is 2.11. The van der Waals surface area contributed by atoms with Crippen LogP contribution < -0.4 is 5.32 Å². The molecule has 1 N–H and O–H groups in total. The van der Waals surface area contributed by atoms with Gasteiger partial charge in [-0.1, -0.05) is 18.2 Å². The van der Waals surface area contributed by atoms with Crippen molar-refractivity contribution in [3.63, 3.8) is 0 Å². The van der Waals surface area contributed by atoms with Crippen LogP contribution in [-0.4, -0.2) is 36.2 Å². The molecule has 2 atom stereocenters. The van der Waals surface area contributed by atoms with Gasteiger partial charge in [0.15, 0.2) is 0 Å². The summed E-state index contributed by atoms with van der Waals surface area (Å²) in [5, 5.41) is 2.90. The molecule has 1 aromatic rings. The van der Waals surface area contributed by atoms with Gasteiger partial charge in [0, 0.05) is 5.69 Å². The van der Waals surface area contributed by atoms with Gasteiger partial charge in [0.05, 0.1) is 25.3 Å². The summed E-state index contributed by atoms with van der Waals surface area (Å²) < 4.78 is 5.40. The molecule has 17 heavy (non-hydrogen) atoms. The predicted molar refractivity (Wildman–Crippen MR) is 67.0 cm³/mol. The fourth-order valence-corrected chi connectivity index (χ4v) is 2.11. The Hall–Kier alpha value is -1.55. The Balaban J connectivity index is 2.04. The quantitative estimate of drug-likeness (QED) is 0.810. The summed E-state index contributed by atoms with van der Waals surface area (Å²) in [6.07, 6.45) is 0. The molecule has 1 heterocycles. The summed E-state index contributed by atoms with van der Waals surface area (Å²) in [5.74, 6) is 0. The van der Waals surface area contributed by atoms with Gasteiger partial charge in [-0.25, -0.2) is 4.79 Å². The molecule has 1 aromatic carbocycles. The highest BCUT2D eigenvalue weighted by Gasteiger charge is 2.29. The summed E-state index contributed by atoms with van der Waals surface area (Å²) >= 11 is 0. The van der Waals surface area contributed by atoms with Crippen LogP contribution in [0.4, 0.5) is 10.5 Å². The highest BCUT2D eigenvalue weighted by molar-refractivity contribution is 5.89. The molecule has 4 heteroatoms. The second-order valence-corrected chi connectivity index (χ2v) is 4.44.